The molecule has 1 aromatic heterocycles. The molecule has 4 rings (SSSR count). The van der Waals surface area contributed by atoms with E-state index in [9.17, 15) is 0 Å². The first kappa shape index (κ1) is 17.4. The van der Waals surface area contributed by atoms with E-state index in [-0.39, 0.29) is 0 Å². The van der Waals surface area contributed by atoms with Gasteiger partial charge < -0.3 is 10.1 Å². The van der Waals surface area contributed by atoms with E-state index in [0.29, 0.717) is 21.4 Å². The summed E-state index contributed by atoms with van der Waals surface area (Å²) in [5.41, 5.74) is 1.38. The number of hydrogen-bond donors (Lipinski definition) is 1. The van der Waals surface area contributed by atoms with Gasteiger partial charge in [0.05, 0.1) is 35.1 Å². The Morgan fingerprint density at radius 1 is 1.32 bits per heavy atom. The van der Waals surface area contributed by atoms with Crippen LogP contribution in [0.1, 0.15) is 18.5 Å². The predicted molar refractivity (Wildman–Crippen MR) is 102 cm³/mol. The van der Waals surface area contributed by atoms with Crippen molar-refractivity contribution in [1.82, 2.24) is 9.97 Å². The molecule has 7 heteroatoms. The van der Waals surface area contributed by atoms with E-state index in [1.807, 2.05) is 19.1 Å². The summed E-state index contributed by atoms with van der Waals surface area (Å²) in [6, 6.07) is 5.59. The molecule has 4 nitrogen and oxygen atoms in total. The van der Waals surface area contributed by atoms with Crippen molar-refractivity contribution >= 4 is 40.8 Å². The molecule has 25 heavy (non-hydrogen) atoms. The van der Waals surface area contributed by atoms with Gasteiger partial charge in [0.25, 0.3) is 0 Å². The van der Waals surface area contributed by atoms with Gasteiger partial charge in [0.2, 0.25) is 0 Å². The third-order valence-electron chi connectivity index (χ3n) is 4.86. The van der Waals surface area contributed by atoms with Crippen molar-refractivity contribution in [3.05, 3.63) is 40.1 Å². The molecule has 1 aromatic carbocycles. The zero-order chi connectivity index (χ0) is 17.4. The zero-order valence-corrected chi connectivity index (χ0v) is 16.2. The minimum atomic E-state index is 0.505. The smallest absolute Gasteiger partial charge is 0.144 e. The van der Waals surface area contributed by atoms with Gasteiger partial charge >= 0.3 is 0 Å². The van der Waals surface area contributed by atoms with Crippen molar-refractivity contribution in [1.29, 1.82) is 0 Å². The van der Waals surface area contributed by atoms with Crippen molar-refractivity contribution in [2.24, 2.45) is 11.3 Å². The van der Waals surface area contributed by atoms with E-state index in [0.717, 1.165) is 41.2 Å². The Labute approximate surface area is 161 Å². The quantitative estimate of drug-likeness (QED) is 0.764. The lowest BCUT2D eigenvalue weighted by molar-refractivity contribution is -0.176. The van der Waals surface area contributed by atoms with Gasteiger partial charge in [-0.3, -0.25) is 0 Å². The van der Waals surface area contributed by atoms with Gasteiger partial charge in [-0.2, -0.15) is 0 Å². The van der Waals surface area contributed by atoms with Crippen LogP contribution in [0.3, 0.4) is 0 Å². The molecule has 1 N–H and O–H groups in total. The SMILES string of the molecule is Cc1nc(NCC2CC3(COC3)C2)cnc1Sc1cccc(Cl)c1Cl. The molecule has 1 saturated carbocycles. The van der Waals surface area contributed by atoms with Gasteiger partial charge in [-0.05, 0) is 37.8 Å². The molecule has 1 spiro atoms. The number of halogens is 2. The second-order valence-corrected chi connectivity index (χ2v) is 8.76. The van der Waals surface area contributed by atoms with E-state index in [4.69, 9.17) is 27.9 Å². The fraction of sp³-hybridized carbons (Fsp3) is 0.444. The molecule has 2 fully saturated rings. The van der Waals surface area contributed by atoms with E-state index < -0.39 is 0 Å². The van der Waals surface area contributed by atoms with Crippen molar-refractivity contribution in [2.75, 3.05) is 25.1 Å². The standard InChI is InChI=1S/C18H19Cl2N3OS/c1-11-17(25-14-4-2-3-13(19)16(14)20)22-8-15(23-11)21-7-12-5-18(6-12)9-24-10-18/h2-4,8,12H,5-7,9-10H2,1H3,(H,21,23). The monoisotopic (exact) mass is 395 g/mol. The molecule has 1 aliphatic heterocycles. The minimum Gasteiger partial charge on any atom is -0.380 e. The Kier molecular flexibility index (Phi) is 4.84. The molecule has 0 atom stereocenters. The summed E-state index contributed by atoms with van der Waals surface area (Å²) in [7, 11) is 0. The van der Waals surface area contributed by atoms with Gasteiger partial charge in [-0.25, -0.2) is 9.97 Å². The zero-order valence-electron chi connectivity index (χ0n) is 13.9. The van der Waals surface area contributed by atoms with Crippen LogP contribution in [-0.4, -0.2) is 29.7 Å². The fourth-order valence-electron chi connectivity index (χ4n) is 3.51. The number of nitrogens with zero attached hydrogens (tertiary/aromatic N) is 2. The lowest BCUT2D eigenvalue weighted by atomic mass is 9.61. The van der Waals surface area contributed by atoms with Gasteiger partial charge in [0.15, 0.2) is 0 Å². The number of ether oxygens (including phenoxy) is 1. The van der Waals surface area contributed by atoms with Crippen LogP contribution in [0.15, 0.2) is 34.3 Å². The van der Waals surface area contributed by atoms with Crippen LogP contribution in [0.4, 0.5) is 5.82 Å². The van der Waals surface area contributed by atoms with Gasteiger partial charge in [-0.15, -0.1) is 0 Å². The lowest BCUT2D eigenvalue weighted by Crippen LogP contribution is -2.53. The van der Waals surface area contributed by atoms with Gasteiger partial charge in [0.1, 0.15) is 10.8 Å². The summed E-state index contributed by atoms with van der Waals surface area (Å²) in [4.78, 5) is 10.0. The van der Waals surface area contributed by atoms with Crippen molar-refractivity contribution in [3.63, 3.8) is 0 Å². The second kappa shape index (κ2) is 6.95. The minimum absolute atomic E-state index is 0.505. The first-order chi connectivity index (χ1) is 12.0. The maximum Gasteiger partial charge on any atom is 0.144 e. The van der Waals surface area contributed by atoms with Crippen LogP contribution < -0.4 is 5.32 Å². The van der Waals surface area contributed by atoms with Crippen LogP contribution in [0, 0.1) is 18.3 Å². The molecule has 2 aliphatic rings. The van der Waals surface area contributed by atoms with Crippen LogP contribution >= 0.6 is 35.0 Å². The van der Waals surface area contributed by atoms with Gasteiger partial charge in [0, 0.05) is 16.9 Å². The summed E-state index contributed by atoms with van der Waals surface area (Å²) < 4.78 is 5.32. The Morgan fingerprint density at radius 3 is 2.80 bits per heavy atom. The largest absolute Gasteiger partial charge is 0.380 e. The van der Waals surface area contributed by atoms with Gasteiger partial charge in [-0.1, -0.05) is 41.0 Å². The molecule has 0 radical (unpaired) electrons. The summed E-state index contributed by atoms with van der Waals surface area (Å²) in [5.74, 6) is 1.54. The predicted octanol–water partition coefficient (Wildman–Crippen LogP) is 5.08. The Morgan fingerprint density at radius 2 is 2.12 bits per heavy atom. The number of aromatic nitrogens is 2. The highest BCUT2D eigenvalue weighted by Crippen LogP contribution is 2.50. The molecular weight excluding hydrogens is 377 g/mol. The number of benzene rings is 1. The van der Waals surface area contributed by atoms with E-state index in [1.54, 1.807) is 12.3 Å². The molecule has 0 bridgehead atoms. The number of anilines is 1. The fourth-order valence-corrected chi connectivity index (χ4v) is 4.83. The topological polar surface area (TPSA) is 47.0 Å². The molecule has 1 aliphatic carbocycles. The lowest BCUT2D eigenvalue weighted by Gasteiger charge is -2.53. The average Bonchev–Trinajstić information content (AvgIpc) is 2.51. The Bertz CT molecular complexity index is 790. The molecular formula is C18H19Cl2N3OS. The van der Waals surface area contributed by atoms with Crippen LogP contribution in [-0.2, 0) is 4.74 Å². The number of hydrogen-bond acceptors (Lipinski definition) is 5. The highest BCUT2D eigenvalue weighted by Gasteiger charge is 2.49. The molecule has 132 valence electrons. The average molecular weight is 396 g/mol. The van der Waals surface area contributed by atoms with Crippen molar-refractivity contribution in [2.45, 2.75) is 29.7 Å². The summed E-state index contributed by atoms with van der Waals surface area (Å²) in [6.07, 6.45) is 4.30. The van der Waals surface area contributed by atoms with Crippen LogP contribution in [0.5, 0.6) is 0 Å². The van der Waals surface area contributed by atoms with E-state index >= 15 is 0 Å². The van der Waals surface area contributed by atoms with Crippen molar-refractivity contribution in [3.8, 4) is 0 Å². The number of rotatable bonds is 5. The molecule has 1 saturated heterocycles. The molecule has 2 aromatic rings. The number of nitrogens with one attached hydrogen (secondary N) is 1. The van der Waals surface area contributed by atoms with Crippen LogP contribution in [0.2, 0.25) is 10.0 Å². The molecule has 2 heterocycles. The molecule has 0 amide bonds. The summed E-state index contributed by atoms with van der Waals surface area (Å²) >= 11 is 13.8. The van der Waals surface area contributed by atoms with Crippen LogP contribution in [0.25, 0.3) is 0 Å². The first-order valence-corrected chi connectivity index (χ1v) is 9.89. The van der Waals surface area contributed by atoms with E-state index in [2.05, 4.69) is 15.3 Å². The highest BCUT2D eigenvalue weighted by molar-refractivity contribution is 7.99. The third-order valence-corrected chi connectivity index (χ3v) is 6.94. The van der Waals surface area contributed by atoms with Crippen molar-refractivity contribution < 1.29 is 4.74 Å². The molecule has 0 unspecified atom stereocenters. The Hall–Kier alpha value is -1.01. The first-order valence-electron chi connectivity index (χ1n) is 8.32. The second-order valence-electron chi connectivity index (χ2n) is 6.95. The third kappa shape index (κ3) is 3.61. The Balaban J connectivity index is 1.36. The van der Waals surface area contributed by atoms with E-state index in [1.165, 1.54) is 24.6 Å². The maximum atomic E-state index is 6.25. The maximum absolute atomic E-state index is 6.25. The summed E-state index contributed by atoms with van der Waals surface area (Å²) in [6.45, 7) is 4.80. The normalized spacial score (nSPS) is 18.7. The highest BCUT2D eigenvalue weighted by atomic mass is 35.5. The summed E-state index contributed by atoms with van der Waals surface area (Å²) in [5, 5.41) is 5.35. The number of aryl methyl sites for hydroxylation is 1.